The first-order chi connectivity index (χ1) is 10.3. The highest BCUT2D eigenvalue weighted by Crippen LogP contribution is 2.33. The molecule has 2 rings (SSSR count). The van der Waals surface area contributed by atoms with Crippen molar-refractivity contribution >= 4 is 17.7 Å². The molecular formula is C17H26N2OS. The van der Waals surface area contributed by atoms with Crippen LogP contribution in [0.4, 0.5) is 0 Å². The van der Waals surface area contributed by atoms with Crippen LogP contribution in [-0.4, -0.2) is 37.6 Å². The van der Waals surface area contributed by atoms with Crippen LogP contribution in [0.25, 0.3) is 0 Å². The number of benzene rings is 1. The number of carbonyl (C=O) groups excluding carboxylic acids is 1. The van der Waals surface area contributed by atoms with E-state index in [4.69, 9.17) is 0 Å². The first-order valence-electron chi connectivity index (χ1n) is 7.83. The van der Waals surface area contributed by atoms with Gasteiger partial charge in [-0.25, -0.2) is 0 Å². The minimum Gasteiger partial charge on any atom is -0.355 e. The molecule has 0 unspecified atom stereocenters. The lowest BCUT2D eigenvalue weighted by atomic mass is 9.72. The average molecular weight is 306 g/mol. The molecule has 1 fully saturated rings. The zero-order valence-electron chi connectivity index (χ0n) is 12.9. The first kappa shape index (κ1) is 16.4. The Kier molecular flexibility index (Phi) is 6.58. The predicted octanol–water partition coefficient (Wildman–Crippen LogP) is 2.57. The van der Waals surface area contributed by atoms with Crippen molar-refractivity contribution in [2.24, 2.45) is 0 Å². The second-order valence-electron chi connectivity index (χ2n) is 5.65. The number of piperidine rings is 1. The van der Waals surface area contributed by atoms with Crippen molar-refractivity contribution in [3.63, 3.8) is 0 Å². The van der Waals surface area contributed by atoms with Crippen LogP contribution in [0.5, 0.6) is 0 Å². The highest BCUT2D eigenvalue weighted by molar-refractivity contribution is 7.98. The van der Waals surface area contributed by atoms with Crippen molar-refractivity contribution in [1.29, 1.82) is 0 Å². The Morgan fingerprint density at radius 2 is 1.95 bits per heavy atom. The minimum atomic E-state index is -0.341. The number of thioether (sulfide) groups is 1. The summed E-state index contributed by atoms with van der Waals surface area (Å²) in [6.45, 7) is 2.62. The zero-order valence-corrected chi connectivity index (χ0v) is 13.7. The minimum absolute atomic E-state index is 0.208. The highest BCUT2D eigenvalue weighted by atomic mass is 32.2. The van der Waals surface area contributed by atoms with Gasteiger partial charge in [0.1, 0.15) is 0 Å². The third kappa shape index (κ3) is 4.24. The molecule has 0 aromatic heterocycles. The largest absolute Gasteiger partial charge is 0.355 e. The van der Waals surface area contributed by atoms with Crippen LogP contribution in [-0.2, 0) is 10.2 Å². The topological polar surface area (TPSA) is 41.1 Å². The Bertz CT molecular complexity index is 430. The summed E-state index contributed by atoms with van der Waals surface area (Å²) >= 11 is 1.86. The van der Waals surface area contributed by atoms with Gasteiger partial charge in [0.25, 0.3) is 0 Å². The number of amides is 1. The summed E-state index contributed by atoms with van der Waals surface area (Å²) in [6, 6.07) is 10.3. The van der Waals surface area contributed by atoms with E-state index in [-0.39, 0.29) is 11.3 Å². The van der Waals surface area contributed by atoms with Crippen LogP contribution < -0.4 is 10.6 Å². The van der Waals surface area contributed by atoms with Crippen LogP contribution in [0.2, 0.25) is 0 Å². The molecule has 0 spiro atoms. The second kappa shape index (κ2) is 8.44. The number of hydrogen-bond acceptors (Lipinski definition) is 3. The summed E-state index contributed by atoms with van der Waals surface area (Å²) in [6.07, 6.45) is 6.12. The van der Waals surface area contributed by atoms with E-state index in [1.165, 1.54) is 12.2 Å². The summed E-state index contributed by atoms with van der Waals surface area (Å²) in [5, 5.41) is 6.54. The van der Waals surface area contributed by atoms with Crippen molar-refractivity contribution in [2.45, 2.75) is 31.1 Å². The normalized spacial score (nSPS) is 17.4. The first-order valence-corrected chi connectivity index (χ1v) is 9.22. The Morgan fingerprint density at radius 1 is 1.24 bits per heavy atom. The van der Waals surface area contributed by atoms with Crippen LogP contribution in [0.1, 0.15) is 31.2 Å². The highest BCUT2D eigenvalue weighted by Gasteiger charge is 2.40. The van der Waals surface area contributed by atoms with Gasteiger partial charge >= 0.3 is 0 Å². The maximum Gasteiger partial charge on any atom is 0.230 e. The van der Waals surface area contributed by atoms with Gasteiger partial charge in [-0.05, 0) is 56.3 Å². The molecule has 1 aromatic rings. The van der Waals surface area contributed by atoms with Crippen molar-refractivity contribution in [1.82, 2.24) is 10.6 Å². The third-order valence-corrected chi connectivity index (χ3v) is 4.98. The van der Waals surface area contributed by atoms with Gasteiger partial charge in [-0.3, -0.25) is 4.79 Å². The van der Waals surface area contributed by atoms with Crippen molar-refractivity contribution in [3.05, 3.63) is 35.9 Å². The van der Waals surface area contributed by atoms with Crippen LogP contribution >= 0.6 is 11.8 Å². The molecule has 3 nitrogen and oxygen atoms in total. The fourth-order valence-electron chi connectivity index (χ4n) is 3.00. The second-order valence-corrected chi connectivity index (χ2v) is 6.64. The average Bonchev–Trinajstić information content (AvgIpc) is 2.56. The van der Waals surface area contributed by atoms with Gasteiger partial charge in [-0.1, -0.05) is 30.3 Å². The maximum absolute atomic E-state index is 12.8. The van der Waals surface area contributed by atoms with Crippen molar-refractivity contribution in [2.75, 3.05) is 31.6 Å². The van der Waals surface area contributed by atoms with E-state index in [2.05, 4.69) is 29.0 Å². The van der Waals surface area contributed by atoms with Crippen LogP contribution in [0.3, 0.4) is 0 Å². The van der Waals surface area contributed by atoms with E-state index in [9.17, 15) is 4.79 Å². The molecule has 0 atom stereocenters. The third-order valence-electron chi connectivity index (χ3n) is 4.28. The van der Waals surface area contributed by atoms with Gasteiger partial charge in [0, 0.05) is 6.54 Å². The summed E-state index contributed by atoms with van der Waals surface area (Å²) in [5.41, 5.74) is 0.819. The van der Waals surface area contributed by atoms with E-state index < -0.39 is 0 Å². The van der Waals surface area contributed by atoms with E-state index in [0.29, 0.717) is 0 Å². The molecule has 2 N–H and O–H groups in total. The Labute approximate surface area is 132 Å². The Morgan fingerprint density at radius 3 is 2.62 bits per heavy atom. The summed E-state index contributed by atoms with van der Waals surface area (Å²) < 4.78 is 0. The van der Waals surface area contributed by atoms with E-state index in [1.807, 2.05) is 30.0 Å². The predicted molar refractivity (Wildman–Crippen MR) is 90.8 cm³/mol. The van der Waals surface area contributed by atoms with Gasteiger partial charge in [-0.2, -0.15) is 11.8 Å². The smallest absolute Gasteiger partial charge is 0.230 e. The van der Waals surface area contributed by atoms with Crippen LogP contribution in [0, 0.1) is 0 Å². The Balaban J connectivity index is 2.01. The van der Waals surface area contributed by atoms with E-state index in [1.54, 1.807) is 0 Å². The van der Waals surface area contributed by atoms with Crippen molar-refractivity contribution in [3.8, 4) is 0 Å². The summed E-state index contributed by atoms with van der Waals surface area (Å²) in [4.78, 5) is 12.8. The molecule has 116 valence electrons. The lowest BCUT2D eigenvalue weighted by Gasteiger charge is -2.36. The molecular weight excluding hydrogens is 280 g/mol. The van der Waals surface area contributed by atoms with Gasteiger partial charge in [0.2, 0.25) is 5.91 Å². The SMILES string of the molecule is CSCCCCNC(=O)C1(c2ccccc2)CCNCC1. The molecule has 1 aliphatic rings. The van der Waals surface area contributed by atoms with E-state index >= 15 is 0 Å². The molecule has 1 saturated heterocycles. The number of nitrogens with one attached hydrogen (secondary N) is 2. The number of rotatable bonds is 7. The molecule has 0 bridgehead atoms. The number of unbranched alkanes of at least 4 members (excludes halogenated alkanes) is 1. The van der Waals surface area contributed by atoms with E-state index in [0.717, 1.165) is 44.5 Å². The molecule has 0 radical (unpaired) electrons. The molecule has 0 aliphatic carbocycles. The Hall–Kier alpha value is -1.00. The molecule has 1 amide bonds. The fraction of sp³-hybridized carbons (Fsp3) is 0.588. The summed E-state index contributed by atoms with van der Waals surface area (Å²) in [5.74, 6) is 1.38. The lowest BCUT2D eigenvalue weighted by molar-refractivity contribution is -0.127. The van der Waals surface area contributed by atoms with Gasteiger partial charge in [0.15, 0.2) is 0 Å². The van der Waals surface area contributed by atoms with Crippen molar-refractivity contribution < 1.29 is 4.79 Å². The zero-order chi connectivity index (χ0) is 15.0. The molecule has 1 aliphatic heterocycles. The fourth-order valence-corrected chi connectivity index (χ4v) is 3.49. The van der Waals surface area contributed by atoms with Gasteiger partial charge < -0.3 is 10.6 Å². The molecule has 0 saturated carbocycles. The molecule has 1 aromatic carbocycles. The molecule has 4 heteroatoms. The maximum atomic E-state index is 12.8. The summed E-state index contributed by atoms with van der Waals surface area (Å²) in [7, 11) is 0. The molecule has 1 heterocycles. The number of hydrogen-bond donors (Lipinski definition) is 2. The quantitative estimate of drug-likeness (QED) is 0.761. The monoisotopic (exact) mass is 306 g/mol. The van der Waals surface area contributed by atoms with Gasteiger partial charge in [-0.15, -0.1) is 0 Å². The standard InChI is InChI=1S/C17H26N2OS/c1-21-14-6-5-11-19-16(20)17(9-12-18-13-10-17)15-7-3-2-4-8-15/h2-4,7-8,18H,5-6,9-14H2,1H3,(H,19,20). The lowest BCUT2D eigenvalue weighted by Crippen LogP contribution is -2.50. The van der Waals surface area contributed by atoms with Gasteiger partial charge in [0.05, 0.1) is 5.41 Å². The van der Waals surface area contributed by atoms with Crippen LogP contribution in [0.15, 0.2) is 30.3 Å². The molecule has 21 heavy (non-hydrogen) atoms. The number of carbonyl (C=O) groups is 1.